The normalized spacial score (nSPS) is 28.5. The Morgan fingerprint density at radius 3 is 0.897 bits per heavy atom. The van der Waals surface area contributed by atoms with E-state index in [-0.39, 0.29) is 45.3 Å². The van der Waals surface area contributed by atoms with Gasteiger partial charge in [-0.15, -0.1) is 0 Å². The van der Waals surface area contributed by atoms with Crippen molar-refractivity contribution in [3.8, 4) is 0 Å². The maximum atomic E-state index is 15.0. The minimum absolute atomic E-state index is 0.0437. The fourth-order valence-electron chi connectivity index (χ4n) is 11.3. The number of rotatable bonds is 16. The van der Waals surface area contributed by atoms with Crippen molar-refractivity contribution in [2.45, 2.75) is 119 Å². The van der Waals surface area contributed by atoms with E-state index in [0.717, 1.165) is 25.7 Å². The van der Waals surface area contributed by atoms with Crippen molar-refractivity contribution in [1.29, 1.82) is 0 Å². The van der Waals surface area contributed by atoms with Gasteiger partial charge in [0.05, 0.1) is 19.6 Å². The lowest BCUT2D eigenvalue weighted by Crippen LogP contribution is -2.46. The molecular weight excluding hydrogens is 809 g/mol. The third-order valence-corrected chi connectivity index (χ3v) is 25.7. The summed E-state index contributed by atoms with van der Waals surface area (Å²) in [5, 5.41) is 0. The summed E-state index contributed by atoms with van der Waals surface area (Å²) in [6.45, 7) is 4.12. The Bertz CT molecular complexity index is 2340. The average Bonchev–Trinajstić information content (AvgIpc) is 3.96. The van der Waals surface area contributed by atoms with E-state index in [1.165, 1.54) is 48.5 Å². The number of hydrogen-bond acceptors (Lipinski definition) is 8. The van der Waals surface area contributed by atoms with Gasteiger partial charge in [-0.05, 0) is 122 Å². The predicted molar refractivity (Wildman–Crippen MR) is 226 cm³/mol. The van der Waals surface area contributed by atoms with Crippen LogP contribution in [-0.2, 0) is 39.3 Å². The SMILES string of the molecule is CCCCC12CC1(/C=C/C13CC1(CCCC)CC(S(=O)(=O)c1ccccc1)(S(=O)(=O)c1ccccc1)C3)CC(S(=O)(=O)c1ccccc1)(S(=O)(=O)c1ccccc1)C2. The second kappa shape index (κ2) is 14.0. The van der Waals surface area contributed by atoms with Crippen molar-refractivity contribution in [2.24, 2.45) is 21.7 Å². The number of unbranched alkanes of at least 4 members (excludes halogenated alkanes) is 2. The Morgan fingerprint density at radius 2 is 0.655 bits per heavy atom. The van der Waals surface area contributed by atoms with E-state index >= 15 is 33.7 Å². The van der Waals surface area contributed by atoms with Gasteiger partial charge in [-0.25, -0.2) is 33.7 Å². The summed E-state index contributed by atoms with van der Waals surface area (Å²) < 4.78 is 116. The molecule has 0 aliphatic heterocycles. The Hall–Kier alpha value is -3.58. The molecule has 0 heterocycles. The number of benzene rings is 4. The van der Waals surface area contributed by atoms with Gasteiger partial charge in [0.2, 0.25) is 0 Å². The molecule has 4 aliphatic carbocycles. The van der Waals surface area contributed by atoms with E-state index in [4.69, 9.17) is 0 Å². The molecule has 8 nitrogen and oxygen atoms in total. The lowest BCUT2D eigenvalue weighted by Gasteiger charge is -2.32. The molecule has 0 N–H and O–H groups in total. The van der Waals surface area contributed by atoms with Crippen molar-refractivity contribution < 1.29 is 33.7 Å². The summed E-state index contributed by atoms with van der Waals surface area (Å²) in [6, 6.07) is 31.4. The fraction of sp³-hybridized carbons (Fsp3) is 0.435. The maximum absolute atomic E-state index is 15.0. The minimum Gasteiger partial charge on any atom is -0.222 e. The Labute approximate surface area is 344 Å². The standard InChI is InChI=1S/C46H52O8S4/c1-3-5-27-41-31-43(41,35-45(33-41,55(47,48)37-19-11-7-12-20-37)56(49,50)38-21-13-8-14-22-38)29-30-44-32-42(44,28-6-4-2)34-46(36-44,57(51,52)39-23-15-9-16-24-39)58(53,54)40-25-17-10-18-26-40/h7-26,29-30H,3-6,27-28,31-36H2,1-2H3/b30-29+. The number of hydrogen-bond donors (Lipinski definition) is 0. The fourth-order valence-corrected chi connectivity index (χ4v) is 22.2. The quantitative estimate of drug-likeness (QED) is 0.102. The third-order valence-electron chi connectivity index (χ3n) is 14.5. The van der Waals surface area contributed by atoms with Crippen LogP contribution in [0.1, 0.15) is 90.9 Å². The van der Waals surface area contributed by atoms with Gasteiger partial charge in [0.25, 0.3) is 0 Å². The topological polar surface area (TPSA) is 137 Å². The van der Waals surface area contributed by atoms with Crippen molar-refractivity contribution in [2.75, 3.05) is 0 Å². The zero-order valence-corrected chi connectivity index (χ0v) is 36.4. The first-order valence-corrected chi connectivity index (χ1v) is 26.3. The Morgan fingerprint density at radius 1 is 0.397 bits per heavy atom. The summed E-state index contributed by atoms with van der Waals surface area (Å²) in [7, 11) is -17.9. The molecule has 4 atom stereocenters. The molecule has 0 bridgehead atoms. The van der Waals surface area contributed by atoms with E-state index < -0.39 is 69.2 Å². The minimum atomic E-state index is -4.48. The monoisotopic (exact) mass is 860 g/mol. The first-order valence-electron chi connectivity index (χ1n) is 20.4. The summed E-state index contributed by atoms with van der Waals surface area (Å²) in [4.78, 5) is -0.175. The van der Waals surface area contributed by atoms with Gasteiger partial charge in [-0.3, -0.25) is 0 Å². The van der Waals surface area contributed by atoms with Crippen LogP contribution in [0.5, 0.6) is 0 Å². The van der Waals surface area contributed by atoms with Gasteiger partial charge in [-0.1, -0.05) is 124 Å². The first kappa shape index (κ1) is 41.2. The second-order valence-corrected chi connectivity index (χ2v) is 27.1. The largest absolute Gasteiger partial charge is 0.222 e. The molecule has 4 aromatic rings. The Balaban J connectivity index is 1.29. The molecule has 0 spiro atoms. The zero-order chi connectivity index (χ0) is 41.4. The van der Waals surface area contributed by atoms with E-state index in [2.05, 4.69) is 13.8 Å². The molecule has 308 valence electrons. The highest BCUT2D eigenvalue weighted by molar-refractivity contribution is 8.11. The highest BCUT2D eigenvalue weighted by Gasteiger charge is 2.82. The van der Waals surface area contributed by atoms with Crippen LogP contribution in [0.4, 0.5) is 0 Å². The molecule has 0 amide bonds. The van der Waals surface area contributed by atoms with Crippen molar-refractivity contribution in [1.82, 2.24) is 0 Å². The lowest BCUT2D eigenvalue weighted by atomic mass is 9.87. The van der Waals surface area contributed by atoms with E-state index in [9.17, 15) is 0 Å². The molecule has 0 saturated heterocycles. The summed E-state index contributed by atoms with van der Waals surface area (Å²) in [5.74, 6) is 0. The lowest BCUT2D eigenvalue weighted by molar-refractivity contribution is 0.383. The first-order chi connectivity index (χ1) is 27.5. The maximum Gasteiger partial charge on any atom is 0.198 e. The Kier molecular flexibility index (Phi) is 9.93. The van der Waals surface area contributed by atoms with Crippen molar-refractivity contribution in [3.05, 3.63) is 133 Å². The molecule has 8 rings (SSSR count). The van der Waals surface area contributed by atoms with Crippen LogP contribution in [-0.4, -0.2) is 41.8 Å². The van der Waals surface area contributed by atoms with Crippen LogP contribution < -0.4 is 0 Å². The van der Waals surface area contributed by atoms with E-state index in [0.29, 0.717) is 25.7 Å². The molecule has 4 fully saturated rings. The van der Waals surface area contributed by atoms with Gasteiger partial charge >= 0.3 is 0 Å². The third kappa shape index (κ3) is 5.74. The molecule has 4 saturated carbocycles. The van der Waals surface area contributed by atoms with Crippen LogP contribution in [0.15, 0.2) is 153 Å². The molecule has 12 heteroatoms. The second-order valence-electron chi connectivity index (χ2n) is 17.6. The van der Waals surface area contributed by atoms with Gasteiger partial charge in [-0.2, -0.15) is 0 Å². The number of sulfone groups is 4. The van der Waals surface area contributed by atoms with Gasteiger partial charge in [0, 0.05) is 0 Å². The van der Waals surface area contributed by atoms with Crippen LogP contribution in [0, 0.1) is 21.7 Å². The van der Waals surface area contributed by atoms with Crippen LogP contribution >= 0.6 is 0 Å². The molecular formula is C46H52O8S4. The molecule has 0 radical (unpaired) electrons. The van der Waals surface area contributed by atoms with Crippen LogP contribution in [0.3, 0.4) is 0 Å². The summed E-state index contributed by atoms with van der Waals surface area (Å²) >= 11 is 0. The summed E-state index contributed by atoms with van der Waals surface area (Å²) in [6.07, 6.45) is 9.32. The number of fused-ring (bicyclic) bond motifs is 2. The highest BCUT2D eigenvalue weighted by atomic mass is 32.3. The van der Waals surface area contributed by atoms with Gasteiger partial charge in [0.1, 0.15) is 0 Å². The molecule has 4 aromatic carbocycles. The van der Waals surface area contributed by atoms with Crippen molar-refractivity contribution >= 4 is 39.3 Å². The zero-order valence-electron chi connectivity index (χ0n) is 33.1. The highest BCUT2D eigenvalue weighted by Crippen LogP contribution is 2.84. The predicted octanol–water partition coefficient (Wildman–Crippen LogP) is 9.55. The average molecular weight is 861 g/mol. The smallest absolute Gasteiger partial charge is 0.198 e. The molecule has 0 aromatic heterocycles. The molecule has 4 unspecified atom stereocenters. The van der Waals surface area contributed by atoms with E-state index in [1.54, 1.807) is 72.8 Å². The molecule has 4 aliphatic rings. The molecule has 58 heavy (non-hydrogen) atoms. The van der Waals surface area contributed by atoms with E-state index in [1.807, 2.05) is 12.2 Å². The van der Waals surface area contributed by atoms with Crippen LogP contribution in [0.25, 0.3) is 0 Å². The van der Waals surface area contributed by atoms with Crippen molar-refractivity contribution in [3.63, 3.8) is 0 Å². The number of allylic oxidation sites excluding steroid dienone is 2. The van der Waals surface area contributed by atoms with Gasteiger partial charge in [0.15, 0.2) is 47.5 Å². The van der Waals surface area contributed by atoms with Crippen LogP contribution in [0.2, 0.25) is 0 Å². The summed E-state index contributed by atoms with van der Waals surface area (Å²) in [5.41, 5.74) is -2.91. The van der Waals surface area contributed by atoms with Gasteiger partial charge < -0.3 is 0 Å².